The Morgan fingerprint density at radius 3 is 2.52 bits per heavy atom. The van der Waals surface area contributed by atoms with E-state index in [0.717, 1.165) is 70.7 Å². The first kappa shape index (κ1) is 22.9. The van der Waals surface area contributed by atoms with E-state index in [-0.39, 0.29) is 24.0 Å². The van der Waals surface area contributed by atoms with E-state index in [1.54, 1.807) is 0 Å². The molecule has 148 valence electrons. The van der Waals surface area contributed by atoms with Crippen molar-refractivity contribution in [3.8, 4) is 0 Å². The molecule has 0 aromatic rings. The standard InChI is InChI=1S/C18H36N4O2.HI/c1-19-18(21-14-16-4-9-22(2)10-5-16)20-8-3-11-24-15-17-6-12-23-13-7-17;/h16-17H,3-15H2,1-2H3,(H2,19,20,21);1H. The van der Waals surface area contributed by atoms with E-state index < -0.39 is 0 Å². The van der Waals surface area contributed by atoms with Gasteiger partial charge in [0, 0.05) is 46.6 Å². The van der Waals surface area contributed by atoms with Crippen molar-refractivity contribution in [3.63, 3.8) is 0 Å². The lowest BCUT2D eigenvalue weighted by Crippen LogP contribution is -2.42. The van der Waals surface area contributed by atoms with Gasteiger partial charge < -0.3 is 25.0 Å². The first-order chi connectivity index (χ1) is 11.8. The van der Waals surface area contributed by atoms with Gasteiger partial charge in [0.2, 0.25) is 0 Å². The summed E-state index contributed by atoms with van der Waals surface area (Å²) in [5.41, 5.74) is 0. The summed E-state index contributed by atoms with van der Waals surface area (Å²) in [6.45, 7) is 7.84. The highest BCUT2D eigenvalue weighted by molar-refractivity contribution is 14.0. The number of likely N-dealkylation sites (tertiary alicyclic amines) is 1. The van der Waals surface area contributed by atoms with Crippen LogP contribution in [-0.2, 0) is 9.47 Å². The number of aliphatic imine (C=N–C) groups is 1. The van der Waals surface area contributed by atoms with Crippen molar-refractivity contribution in [2.24, 2.45) is 16.8 Å². The van der Waals surface area contributed by atoms with Gasteiger partial charge >= 0.3 is 0 Å². The number of hydrogen-bond acceptors (Lipinski definition) is 4. The normalized spacial score (nSPS) is 21.0. The van der Waals surface area contributed by atoms with Crippen LogP contribution in [0.1, 0.15) is 32.1 Å². The fraction of sp³-hybridized carbons (Fsp3) is 0.944. The summed E-state index contributed by atoms with van der Waals surface area (Å²) in [6.07, 6.45) is 5.86. The van der Waals surface area contributed by atoms with Crippen LogP contribution in [0.3, 0.4) is 0 Å². The van der Waals surface area contributed by atoms with Crippen molar-refractivity contribution in [1.82, 2.24) is 15.5 Å². The average Bonchev–Trinajstić information content (AvgIpc) is 2.63. The van der Waals surface area contributed by atoms with Gasteiger partial charge in [-0.1, -0.05) is 0 Å². The Bertz CT molecular complexity index is 357. The third kappa shape index (κ3) is 9.96. The number of guanidine groups is 1. The molecule has 0 spiro atoms. The van der Waals surface area contributed by atoms with Crippen LogP contribution in [0.2, 0.25) is 0 Å². The van der Waals surface area contributed by atoms with Gasteiger partial charge in [-0.05, 0) is 64.1 Å². The quantitative estimate of drug-likeness (QED) is 0.247. The zero-order valence-electron chi connectivity index (χ0n) is 16.0. The third-order valence-electron chi connectivity index (χ3n) is 5.07. The summed E-state index contributed by atoms with van der Waals surface area (Å²) in [7, 11) is 4.04. The molecule has 7 heteroatoms. The number of nitrogens with one attached hydrogen (secondary N) is 2. The summed E-state index contributed by atoms with van der Waals surface area (Å²) in [5, 5.41) is 6.85. The lowest BCUT2D eigenvalue weighted by Gasteiger charge is -2.29. The summed E-state index contributed by atoms with van der Waals surface area (Å²) < 4.78 is 11.2. The number of halogens is 1. The summed E-state index contributed by atoms with van der Waals surface area (Å²) >= 11 is 0. The minimum absolute atomic E-state index is 0. The van der Waals surface area contributed by atoms with Crippen LogP contribution in [0, 0.1) is 11.8 Å². The Morgan fingerprint density at radius 1 is 1.12 bits per heavy atom. The van der Waals surface area contributed by atoms with Gasteiger partial charge in [-0.25, -0.2) is 0 Å². The van der Waals surface area contributed by atoms with E-state index in [2.05, 4.69) is 27.6 Å². The van der Waals surface area contributed by atoms with Crippen molar-refractivity contribution in [1.29, 1.82) is 0 Å². The van der Waals surface area contributed by atoms with Gasteiger partial charge in [0.1, 0.15) is 0 Å². The smallest absolute Gasteiger partial charge is 0.190 e. The van der Waals surface area contributed by atoms with Crippen LogP contribution < -0.4 is 10.6 Å². The fourth-order valence-corrected chi connectivity index (χ4v) is 3.27. The predicted molar refractivity (Wildman–Crippen MR) is 114 cm³/mol. The van der Waals surface area contributed by atoms with Crippen LogP contribution in [0.25, 0.3) is 0 Å². The molecular weight excluding hydrogens is 431 g/mol. The van der Waals surface area contributed by atoms with E-state index in [0.29, 0.717) is 5.92 Å². The molecular formula is C18H37IN4O2. The van der Waals surface area contributed by atoms with Crippen molar-refractivity contribution in [2.75, 3.05) is 66.7 Å². The molecule has 0 aromatic carbocycles. The second-order valence-electron chi connectivity index (χ2n) is 7.11. The van der Waals surface area contributed by atoms with Gasteiger partial charge in [0.15, 0.2) is 5.96 Å². The van der Waals surface area contributed by atoms with Crippen LogP contribution in [0.15, 0.2) is 4.99 Å². The lowest BCUT2D eigenvalue weighted by atomic mass is 9.97. The van der Waals surface area contributed by atoms with Gasteiger partial charge in [-0.15, -0.1) is 24.0 Å². The molecule has 25 heavy (non-hydrogen) atoms. The van der Waals surface area contributed by atoms with Gasteiger partial charge in [0.05, 0.1) is 0 Å². The molecule has 2 heterocycles. The predicted octanol–water partition coefficient (Wildman–Crippen LogP) is 1.94. The SMILES string of the molecule is CN=C(NCCCOCC1CCOCC1)NCC1CCN(C)CC1.I. The molecule has 6 nitrogen and oxygen atoms in total. The number of rotatable bonds is 8. The van der Waals surface area contributed by atoms with Crippen molar-refractivity contribution >= 4 is 29.9 Å². The monoisotopic (exact) mass is 468 g/mol. The first-order valence-corrected chi connectivity index (χ1v) is 9.56. The Kier molecular flexibility index (Phi) is 12.8. The Balaban J connectivity index is 0.00000312. The molecule has 0 unspecified atom stereocenters. The molecule has 0 amide bonds. The van der Waals surface area contributed by atoms with E-state index in [4.69, 9.17) is 9.47 Å². The summed E-state index contributed by atoms with van der Waals surface area (Å²) in [5.74, 6) is 2.37. The summed E-state index contributed by atoms with van der Waals surface area (Å²) in [4.78, 5) is 6.71. The number of hydrogen-bond donors (Lipinski definition) is 2. The molecule has 0 saturated carbocycles. The maximum Gasteiger partial charge on any atom is 0.190 e. The number of nitrogens with zero attached hydrogens (tertiary/aromatic N) is 2. The molecule has 0 radical (unpaired) electrons. The van der Waals surface area contributed by atoms with E-state index in [9.17, 15) is 0 Å². The molecule has 2 rings (SSSR count). The number of ether oxygens (including phenoxy) is 2. The molecule has 0 aliphatic carbocycles. The highest BCUT2D eigenvalue weighted by Crippen LogP contribution is 2.15. The molecule has 2 aliphatic rings. The van der Waals surface area contributed by atoms with E-state index in [1.165, 1.54) is 25.9 Å². The highest BCUT2D eigenvalue weighted by Gasteiger charge is 2.16. The fourth-order valence-electron chi connectivity index (χ4n) is 3.27. The van der Waals surface area contributed by atoms with Crippen LogP contribution in [0.4, 0.5) is 0 Å². The van der Waals surface area contributed by atoms with Crippen molar-refractivity contribution < 1.29 is 9.47 Å². The zero-order valence-corrected chi connectivity index (χ0v) is 18.3. The maximum absolute atomic E-state index is 5.79. The molecule has 2 aliphatic heterocycles. The molecule has 2 saturated heterocycles. The van der Waals surface area contributed by atoms with Crippen molar-refractivity contribution in [3.05, 3.63) is 0 Å². The van der Waals surface area contributed by atoms with Gasteiger partial charge in [-0.2, -0.15) is 0 Å². The Labute approximate surface area is 170 Å². The average molecular weight is 468 g/mol. The number of piperidine rings is 1. The molecule has 0 aromatic heterocycles. The first-order valence-electron chi connectivity index (χ1n) is 9.56. The van der Waals surface area contributed by atoms with Crippen molar-refractivity contribution in [2.45, 2.75) is 32.1 Å². The molecule has 2 fully saturated rings. The molecule has 0 bridgehead atoms. The minimum atomic E-state index is 0. The second kappa shape index (κ2) is 14.0. The second-order valence-corrected chi connectivity index (χ2v) is 7.11. The molecule has 2 N–H and O–H groups in total. The Morgan fingerprint density at radius 2 is 1.84 bits per heavy atom. The Hall–Kier alpha value is -0.120. The minimum Gasteiger partial charge on any atom is -0.381 e. The van der Waals surface area contributed by atoms with E-state index >= 15 is 0 Å². The molecule has 0 atom stereocenters. The van der Waals surface area contributed by atoms with Gasteiger partial charge in [0.25, 0.3) is 0 Å². The zero-order chi connectivity index (χ0) is 17.0. The van der Waals surface area contributed by atoms with Crippen LogP contribution in [0.5, 0.6) is 0 Å². The lowest BCUT2D eigenvalue weighted by molar-refractivity contribution is 0.0203. The largest absolute Gasteiger partial charge is 0.381 e. The van der Waals surface area contributed by atoms with Gasteiger partial charge in [-0.3, -0.25) is 4.99 Å². The highest BCUT2D eigenvalue weighted by atomic mass is 127. The maximum atomic E-state index is 5.79. The van der Waals surface area contributed by atoms with Crippen LogP contribution in [-0.4, -0.2) is 77.6 Å². The summed E-state index contributed by atoms with van der Waals surface area (Å²) in [6, 6.07) is 0. The van der Waals surface area contributed by atoms with Crippen LogP contribution >= 0.6 is 24.0 Å². The third-order valence-corrected chi connectivity index (χ3v) is 5.07. The van der Waals surface area contributed by atoms with E-state index in [1.807, 2.05) is 7.05 Å². The topological polar surface area (TPSA) is 58.1 Å².